The maximum Gasteiger partial charge on any atom is 0.491 e. The highest BCUT2D eigenvalue weighted by molar-refractivity contribution is 6.56. The highest BCUT2D eigenvalue weighted by atomic mass is 35.5. The van der Waals surface area contributed by atoms with Crippen LogP contribution < -0.4 is 5.73 Å². The van der Waals surface area contributed by atoms with Crippen LogP contribution >= 0.6 is 23.2 Å². The van der Waals surface area contributed by atoms with Crippen molar-refractivity contribution in [2.24, 2.45) is 5.73 Å². The van der Waals surface area contributed by atoms with Crippen LogP contribution in [0.4, 0.5) is 0 Å². The van der Waals surface area contributed by atoms with Crippen LogP contribution in [0.3, 0.4) is 0 Å². The van der Waals surface area contributed by atoms with Gasteiger partial charge >= 0.3 is 7.12 Å². The number of hydrogen-bond acceptors (Lipinski definition) is 4. The summed E-state index contributed by atoms with van der Waals surface area (Å²) in [7, 11) is -0.481. The van der Waals surface area contributed by atoms with Crippen LogP contribution in [0.25, 0.3) is 6.08 Å². The quantitative estimate of drug-likeness (QED) is 0.682. The van der Waals surface area contributed by atoms with Gasteiger partial charge in [-0.15, -0.1) is 0 Å². The Morgan fingerprint density at radius 2 is 1.67 bits per heavy atom. The Kier molecular flexibility index (Phi) is 4.71. The first-order valence-corrected chi connectivity index (χ1v) is 7.49. The number of rotatable bonds is 3. The number of halogens is 2. The minimum atomic E-state index is -0.481. The SMILES string of the molecule is CC1(C)OB(C(=Cc2cc(Cl)nc(Cl)c2)CN)OC1(C)C. The Bertz CT molecular complexity index is 540. The van der Waals surface area contributed by atoms with Gasteiger partial charge in [0.05, 0.1) is 11.2 Å². The number of pyridine rings is 1. The zero-order chi connectivity index (χ0) is 15.8. The van der Waals surface area contributed by atoms with Gasteiger partial charge in [-0.1, -0.05) is 29.3 Å². The van der Waals surface area contributed by atoms with E-state index in [0.29, 0.717) is 16.9 Å². The fraction of sp³-hybridized carbons (Fsp3) is 0.500. The van der Waals surface area contributed by atoms with E-state index in [-0.39, 0.29) is 0 Å². The number of hydrogen-bond donors (Lipinski definition) is 1. The first-order chi connectivity index (χ1) is 9.64. The molecule has 0 spiro atoms. The van der Waals surface area contributed by atoms with Crippen LogP contribution in [0.5, 0.6) is 0 Å². The molecule has 0 radical (unpaired) electrons. The Labute approximate surface area is 135 Å². The molecule has 21 heavy (non-hydrogen) atoms. The molecule has 0 aliphatic carbocycles. The van der Waals surface area contributed by atoms with Gasteiger partial charge in [-0.3, -0.25) is 0 Å². The van der Waals surface area contributed by atoms with E-state index in [1.165, 1.54) is 0 Å². The Hall–Kier alpha value is -0.585. The summed E-state index contributed by atoms with van der Waals surface area (Å²) in [5, 5.41) is 0.665. The van der Waals surface area contributed by atoms with E-state index >= 15 is 0 Å². The van der Waals surface area contributed by atoms with E-state index in [1.807, 2.05) is 33.8 Å². The van der Waals surface area contributed by atoms with Crippen molar-refractivity contribution >= 4 is 36.4 Å². The van der Waals surface area contributed by atoms with Crippen molar-refractivity contribution < 1.29 is 9.31 Å². The second-order valence-corrected chi connectivity index (χ2v) is 6.83. The van der Waals surface area contributed by atoms with Crippen LogP contribution in [0.1, 0.15) is 33.3 Å². The third-order valence-corrected chi connectivity index (χ3v) is 4.32. The smallest absolute Gasteiger partial charge is 0.400 e. The zero-order valence-corrected chi connectivity index (χ0v) is 14.1. The summed E-state index contributed by atoms with van der Waals surface area (Å²) < 4.78 is 12.0. The predicted octanol–water partition coefficient (Wildman–Crippen LogP) is 3.36. The summed E-state index contributed by atoms with van der Waals surface area (Å²) in [6.45, 7) is 8.32. The average Bonchev–Trinajstić information content (AvgIpc) is 2.54. The van der Waals surface area contributed by atoms with Crippen molar-refractivity contribution in [2.75, 3.05) is 6.54 Å². The average molecular weight is 329 g/mol. The largest absolute Gasteiger partial charge is 0.491 e. The molecule has 0 amide bonds. The first-order valence-electron chi connectivity index (χ1n) is 6.74. The molecule has 1 aliphatic heterocycles. The number of nitrogens with zero attached hydrogens (tertiary/aromatic N) is 1. The van der Waals surface area contributed by atoms with Crippen LogP contribution in [0, 0.1) is 0 Å². The Morgan fingerprint density at radius 3 is 2.10 bits per heavy atom. The molecule has 1 aromatic rings. The molecule has 1 fully saturated rings. The lowest BCUT2D eigenvalue weighted by Gasteiger charge is -2.32. The molecule has 0 saturated carbocycles. The maximum atomic E-state index is 6.00. The van der Waals surface area contributed by atoms with Gasteiger partial charge in [-0.25, -0.2) is 4.98 Å². The minimum absolute atomic E-state index is 0.314. The summed E-state index contributed by atoms with van der Waals surface area (Å²) in [6, 6.07) is 3.43. The fourth-order valence-corrected chi connectivity index (χ4v) is 2.48. The topological polar surface area (TPSA) is 57.4 Å². The summed E-state index contributed by atoms with van der Waals surface area (Å²) in [6.07, 6.45) is 1.88. The molecule has 1 aliphatic rings. The van der Waals surface area contributed by atoms with Gasteiger partial charge in [0.25, 0.3) is 0 Å². The molecule has 4 nitrogen and oxygen atoms in total. The van der Waals surface area contributed by atoms with E-state index in [0.717, 1.165) is 11.0 Å². The molecule has 0 unspecified atom stereocenters. The first kappa shape index (κ1) is 16.8. The monoisotopic (exact) mass is 328 g/mol. The Balaban J connectivity index is 2.30. The van der Waals surface area contributed by atoms with Crippen molar-refractivity contribution in [3.8, 4) is 0 Å². The molecule has 1 saturated heterocycles. The van der Waals surface area contributed by atoms with Gasteiger partial charge in [0, 0.05) is 6.54 Å². The fourth-order valence-electron chi connectivity index (χ4n) is 2.00. The molecule has 114 valence electrons. The van der Waals surface area contributed by atoms with Gasteiger partial charge in [-0.2, -0.15) is 0 Å². The minimum Gasteiger partial charge on any atom is -0.400 e. The lowest BCUT2D eigenvalue weighted by atomic mass is 9.77. The lowest BCUT2D eigenvalue weighted by Crippen LogP contribution is -2.41. The number of aromatic nitrogens is 1. The molecule has 0 aromatic carbocycles. The van der Waals surface area contributed by atoms with Crippen LogP contribution in [-0.2, 0) is 9.31 Å². The second-order valence-electron chi connectivity index (χ2n) is 6.06. The van der Waals surface area contributed by atoms with E-state index < -0.39 is 18.3 Å². The summed E-state index contributed by atoms with van der Waals surface area (Å²) in [5.41, 5.74) is 6.68. The molecule has 1 aromatic heterocycles. The van der Waals surface area contributed by atoms with Crippen molar-refractivity contribution in [3.05, 3.63) is 33.5 Å². The Morgan fingerprint density at radius 1 is 1.19 bits per heavy atom. The molecule has 2 heterocycles. The third-order valence-electron chi connectivity index (χ3n) is 3.93. The lowest BCUT2D eigenvalue weighted by molar-refractivity contribution is 0.00578. The van der Waals surface area contributed by atoms with Crippen LogP contribution in [0.2, 0.25) is 10.3 Å². The van der Waals surface area contributed by atoms with Gasteiger partial charge in [-0.05, 0) is 50.9 Å². The van der Waals surface area contributed by atoms with Gasteiger partial charge in [0.15, 0.2) is 0 Å². The molecular weight excluding hydrogens is 310 g/mol. The molecular formula is C14H19BCl2N2O2. The summed E-state index contributed by atoms with van der Waals surface area (Å²) in [5.74, 6) is 0. The number of nitrogens with two attached hydrogens (primary N) is 1. The van der Waals surface area contributed by atoms with Crippen LogP contribution in [-0.4, -0.2) is 29.8 Å². The molecule has 7 heteroatoms. The second kappa shape index (κ2) is 5.90. The summed E-state index contributed by atoms with van der Waals surface area (Å²) in [4.78, 5) is 3.92. The van der Waals surface area contributed by atoms with E-state index in [2.05, 4.69) is 4.98 Å². The maximum absolute atomic E-state index is 6.00. The highest BCUT2D eigenvalue weighted by Gasteiger charge is 2.52. The molecule has 2 N–H and O–H groups in total. The highest BCUT2D eigenvalue weighted by Crippen LogP contribution is 2.38. The van der Waals surface area contributed by atoms with Crippen molar-refractivity contribution in [2.45, 2.75) is 38.9 Å². The van der Waals surface area contributed by atoms with E-state index in [1.54, 1.807) is 12.1 Å². The molecule has 2 rings (SSSR count). The molecule has 0 bridgehead atoms. The third kappa shape index (κ3) is 3.60. The van der Waals surface area contributed by atoms with E-state index in [9.17, 15) is 0 Å². The van der Waals surface area contributed by atoms with Gasteiger partial charge in [0.2, 0.25) is 0 Å². The van der Waals surface area contributed by atoms with E-state index in [4.69, 9.17) is 38.2 Å². The standard InChI is InChI=1S/C14H19BCl2N2O2/c1-13(2)14(3,4)21-15(20-13)10(8-18)5-9-6-11(16)19-12(17)7-9/h5-7H,8,18H2,1-4H3. The van der Waals surface area contributed by atoms with Gasteiger partial charge in [0.1, 0.15) is 10.3 Å². The van der Waals surface area contributed by atoms with Crippen molar-refractivity contribution in [1.82, 2.24) is 4.98 Å². The van der Waals surface area contributed by atoms with Crippen molar-refractivity contribution in [3.63, 3.8) is 0 Å². The van der Waals surface area contributed by atoms with Crippen molar-refractivity contribution in [1.29, 1.82) is 0 Å². The normalized spacial score (nSPS) is 20.9. The van der Waals surface area contributed by atoms with Crippen LogP contribution in [0.15, 0.2) is 17.6 Å². The summed E-state index contributed by atoms with van der Waals surface area (Å²) >= 11 is 11.8. The zero-order valence-electron chi connectivity index (χ0n) is 12.6. The van der Waals surface area contributed by atoms with Gasteiger partial charge < -0.3 is 15.0 Å². The molecule has 0 atom stereocenters. The predicted molar refractivity (Wildman–Crippen MR) is 87.4 cm³/mol.